The molecule has 2 heteroatoms. The van der Waals surface area contributed by atoms with Gasteiger partial charge in [-0.2, -0.15) is 0 Å². The van der Waals surface area contributed by atoms with Crippen LogP contribution in [0, 0.1) is 0 Å². The van der Waals surface area contributed by atoms with E-state index < -0.39 is 5.41 Å². The van der Waals surface area contributed by atoms with Crippen LogP contribution < -0.4 is 9.80 Å². The number of para-hydroxylation sites is 4. The molecule has 2 aliphatic rings. The van der Waals surface area contributed by atoms with E-state index in [0.717, 1.165) is 34.1 Å². The molecule has 0 radical (unpaired) electrons. The molecule has 11 rings (SSSR count). The summed E-state index contributed by atoms with van der Waals surface area (Å²) in [6.45, 7) is 0. The predicted octanol–water partition coefficient (Wildman–Crippen LogP) is 14.6. The Morgan fingerprint density at radius 2 is 0.491 bits per heavy atom. The molecule has 0 amide bonds. The van der Waals surface area contributed by atoms with Gasteiger partial charge in [-0.15, -0.1) is 0 Å². The monoisotopic (exact) mass is 726 g/mol. The first-order chi connectivity index (χ1) is 28.3. The fourth-order valence-electron chi connectivity index (χ4n) is 9.55. The minimum absolute atomic E-state index is 0.652. The molecule has 268 valence electrons. The molecule has 0 aromatic heterocycles. The van der Waals surface area contributed by atoms with Crippen molar-refractivity contribution < 1.29 is 0 Å². The summed E-state index contributed by atoms with van der Waals surface area (Å²) in [4.78, 5) is 4.77. The van der Waals surface area contributed by atoms with E-state index in [9.17, 15) is 0 Å². The Kier molecular flexibility index (Phi) is 7.75. The van der Waals surface area contributed by atoms with Gasteiger partial charge in [0, 0.05) is 34.1 Å². The highest BCUT2D eigenvalue weighted by Crippen LogP contribution is 2.62. The summed E-state index contributed by atoms with van der Waals surface area (Å²) >= 11 is 0. The number of hydrogen-bond donors (Lipinski definition) is 0. The van der Waals surface area contributed by atoms with Crippen LogP contribution in [0.5, 0.6) is 0 Å². The third-order valence-corrected chi connectivity index (χ3v) is 11.8. The van der Waals surface area contributed by atoms with Crippen molar-refractivity contribution in [2.75, 3.05) is 9.80 Å². The minimum atomic E-state index is -0.652. The van der Waals surface area contributed by atoms with E-state index in [1.165, 1.54) is 55.6 Å². The molecule has 0 aliphatic heterocycles. The molecule has 9 aromatic carbocycles. The Balaban J connectivity index is 1.26. The first-order valence-electron chi connectivity index (χ1n) is 19.7. The third-order valence-electron chi connectivity index (χ3n) is 11.8. The summed E-state index contributed by atoms with van der Waals surface area (Å²) < 4.78 is 0. The van der Waals surface area contributed by atoms with Crippen LogP contribution >= 0.6 is 0 Å². The zero-order valence-corrected chi connectivity index (χ0v) is 31.3. The number of anilines is 6. The smallest absolute Gasteiger partial charge is 0.0727 e. The Labute approximate surface area is 334 Å². The lowest BCUT2D eigenvalue weighted by atomic mass is 9.65. The van der Waals surface area contributed by atoms with Gasteiger partial charge in [-0.1, -0.05) is 158 Å². The second kappa shape index (κ2) is 13.4. The van der Waals surface area contributed by atoms with Gasteiger partial charge in [-0.05, 0) is 128 Å². The van der Waals surface area contributed by atoms with E-state index in [2.05, 4.69) is 240 Å². The molecule has 0 unspecified atom stereocenters. The van der Waals surface area contributed by atoms with Crippen LogP contribution in [0.4, 0.5) is 34.1 Å². The molecule has 2 nitrogen and oxygen atoms in total. The number of fused-ring (bicyclic) bond motifs is 12. The van der Waals surface area contributed by atoms with E-state index in [4.69, 9.17) is 0 Å². The molecule has 57 heavy (non-hydrogen) atoms. The van der Waals surface area contributed by atoms with E-state index in [1.54, 1.807) is 0 Å². The van der Waals surface area contributed by atoms with Crippen LogP contribution in [-0.4, -0.2) is 0 Å². The second-order valence-electron chi connectivity index (χ2n) is 14.9. The van der Waals surface area contributed by atoms with Crippen LogP contribution in [-0.2, 0) is 5.41 Å². The van der Waals surface area contributed by atoms with Crippen molar-refractivity contribution in [1.82, 2.24) is 0 Å². The first kappa shape index (κ1) is 33.0. The molecule has 0 bridgehead atoms. The highest BCUT2D eigenvalue weighted by Gasteiger charge is 2.50. The van der Waals surface area contributed by atoms with Crippen LogP contribution in [0.25, 0.3) is 33.4 Å². The van der Waals surface area contributed by atoms with Crippen LogP contribution in [0.2, 0.25) is 0 Å². The van der Waals surface area contributed by atoms with E-state index in [0.29, 0.717) is 0 Å². The summed E-state index contributed by atoms with van der Waals surface area (Å²) in [5.41, 5.74) is 18.7. The summed E-state index contributed by atoms with van der Waals surface area (Å²) in [7, 11) is 0. The first-order valence-corrected chi connectivity index (χ1v) is 19.7. The van der Waals surface area contributed by atoms with Crippen molar-refractivity contribution in [1.29, 1.82) is 0 Å². The molecule has 0 atom stereocenters. The maximum absolute atomic E-state index is 2.48. The van der Waals surface area contributed by atoms with Gasteiger partial charge in [0.1, 0.15) is 0 Å². The second-order valence-corrected chi connectivity index (χ2v) is 14.9. The highest BCUT2D eigenvalue weighted by molar-refractivity contribution is 5.99. The van der Waals surface area contributed by atoms with Gasteiger partial charge in [0.05, 0.1) is 5.41 Å². The van der Waals surface area contributed by atoms with Crippen LogP contribution in [0.15, 0.2) is 231 Å². The molecule has 0 heterocycles. The van der Waals surface area contributed by atoms with Crippen molar-refractivity contribution in [3.8, 4) is 33.4 Å². The van der Waals surface area contributed by atoms with Gasteiger partial charge in [0.2, 0.25) is 0 Å². The van der Waals surface area contributed by atoms with Crippen molar-refractivity contribution >= 4 is 34.1 Å². The number of nitrogens with zero attached hydrogens (tertiary/aromatic N) is 2. The fourth-order valence-corrected chi connectivity index (χ4v) is 9.55. The van der Waals surface area contributed by atoms with E-state index in [1.807, 2.05) is 0 Å². The lowest BCUT2D eigenvalue weighted by Gasteiger charge is -2.37. The Morgan fingerprint density at radius 3 is 0.842 bits per heavy atom. The van der Waals surface area contributed by atoms with Gasteiger partial charge in [-0.3, -0.25) is 0 Å². The lowest BCUT2D eigenvalue weighted by molar-refractivity contribution is 0.775. The Bertz CT molecular complexity index is 2620. The summed E-state index contributed by atoms with van der Waals surface area (Å²) in [5.74, 6) is 0. The van der Waals surface area contributed by atoms with Gasteiger partial charge in [0.15, 0.2) is 0 Å². The predicted molar refractivity (Wildman–Crippen MR) is 238 cm³/mol. The van der Waals surface area contributed by atoms with Gasteiger partial charge < -0.3 is 9.80 Å². The van der Waals surface area contributed by atoms with Gasteiger partial charge in [-0.25, -0.2) is 0 Å². The van der Waals surface area contributed by atoms with Gasteiger partial charge in [0.25, 0.3) is 0 Å². The minimum Gasteiger partial charge on any atom is -0.310 e. The van der Waals surface area contributed by atoms with Crippen molar-refractivity contribution in [3.63, 3.8) is 0 Å². The number of rotatable bonds is 6. The molecule has 1 spiro atoms. The largest absolute Gasteiger partial charge is 0.310 e. The van der Waals surface area contributed by atoms with Crippen molar-refractivity contribution in [2.45, 2.75) is 5.41 Å². The molecule has 0 saturated heterocycles. The summed E-state index contributed by atoms with van der Waals surface area (Å²) in [5, 5.41) is 0. The average Bonchev–Trinajstić information content (AvgIpc) is 3.51. The summed E-state index contributed by atoms with van der Waals surface area (Å²) in [6, 6.07) is 84.4. The average molecular weight is 727 g/mol. The SMILES string of the molecule is c1ccc(N(c2ccccc2)c2ccc3c(c2)C2(c4ccccc4-c4ccccc4-c4ccccc42)c2cc(N(c4ccccc4)c4ccccc4)ccc2-3)cc1. The Morgan fingerprint density at radius 1 is 0.211 bits per heavy atom. The van der Waals surface area contributed by atoms with Crippen molar-refractivity contribution in [3.05, 3.63) is 253 Å². The maximum Gasteiger partial charge on any atom is 0.0727 e. The molecule has 0 saturated carbocycles. The van der Waals surface area contributed by atoms with E-state index in [-0.39, 0.29) is 0 Å². The van der Waals surface area contributed by atoms with E-state index >= 15 is 0 Å². The quantitative estimate of drug-likeness (QED) is 0.168. The molecule has 2 aliphatic carbocycles. The third kappa shape index (κ3) is 5.11. The zero-order valence-electron chi connectivity index (χ0n) is 31.3. The normalized spacial score (nSPS) is 12.7. The lowest BCUT2D eigenvalue weighted by Crippen LogP contribution is -2.30. The topological polar surface area (TPSA) is 6.48 Å². The molecular weight excluding hydrogens is 689 g/mol. The molecule has 0 fully saturated rings. The van der Waals surface area contributed by atoms with Gasteiger partial charge >= 0.3 is 0 Å². The molecule has 9 aromatic rings. The Hall–Kier alpha value is -7.42. The standard InChI is InChI=1S/C55H38N2/c1-5-19-39(20-6-1)56(40-21-7-2-8-22-40)43-33-35-49-50-36-34-44(57(41-23-9-3-10-24-41)42-25-11-4-12-26-42)38-54(50)55(53(49)37-43)51-31-17-15-29-47(51)45-27-13-14-28-46(45)48-30-16-18-32-52(48)55/h1-38H. The fraction of sp³-hybridized carbons (Fsp3) is 0.0182. The number of hydrogen-bond acceptors (Lipinski definition) is 2. The molecular formula is C55H38N2. The highest BCUT2D eigenvalue weighted by atomic mass is 15.1. The van der Waals surface area contributed by atoms with Crippen LogP contribution in [0.3, 0.4) is 0 Å². The number of benzene rings is 9. The van der Waals surface area contributed by atoms with Crippen molar-refractivity contribution in [2.24, 2.45) is 0 Å². The zero-order chi connectivity index (χ0) is 37.8. The maximum atomic E-state index is 2.48. The molecule has 0 N–H and O–H groups in total. The summed E-state index contributed by atoms with van der Waals surface area (Å²) in [6.07, 6.45) is 0. The van der Waals surface area contributed by atoms with Crippen LogP contribution in [0.1, 0.15) is 22.3 Å².